The number of benzene rings is 1. The standard InChI is InChI=1S/C18H16N4O3/c1-25-16-3-2-10(8-15(16)23)17-19-6-5-13(22-17)14-9-11-12(21-14)4-7-20-18(11)24/h2-3,5-6,8-9,21,23H,4,7H2,1H3,(H,20,24). The van der Waals surface area contributed by atoms with Crippen LogP contribution in [0.25, 0.3) is 22.8 Å². The van der Waals surface area contributed by atoms with Crippen LogP contribution in [0, 0.1) is 0 Å². The number of nitrogens with one attached hydrogen (secondary N) is 2. The molecule has 0 aliphatic carbocycles. The molecule has 0 fully saturated rings. The number of rotatable bonds is 3. The number of fused-ring (bicyclic) bond motifs is 1. The molecule has 3 heterocycles. The number of amides is 1. The van der Waals surface area contributed by atoms with E-state index >= 15 is 0 Å². The first-order valence-corrected chi connectivity index (χ1v) is 7.86. The third-order valence-corrected chi connectivity index (χ3v) is 4.17. The molecule has 4 rings (SSSR count). The Balaban J connectivity index is 1.73. The Kier molecular flexibility index (Phi) is 3.61. The van der Waals surface area contributed by atoms with Crippen LogP contribution in [0.5, 0.6) is 11.5 Å². The van der Waals surface area contributed by atoms with Gasteiger partial charge in [0.15, 0.2) is 17.3 Å². The van der Waals surface area contributed by atoms with Crippen LogP contribution in [0.3, 0.4) is 0 Å². The molecule has 0 radical (unpaired) electrons. The van der Waals surface area contributed by atoms with Crippen LogP contribution in [0.15, 0.2) is 36.5 Å². The Morgan fingerprint density at radius 2 is 2.12 bits per heavy atom. The Hall–Kier alpha value is -3.35. The maximum absolute atomic E-state index is 11.9. The summed E-state index contributed by atoms with van der Waals surface area (Å²) in [7, 11) is 1.50. The third kappa shape index (κ3) is 2.69. The lowest BCUT2D eigenvalue weighted by Crippen LogP contribution is -2.31. The summed E-state index contributed by atoms with van der Waals surface area (Å²) in [5.74, 6) is 0.828. The van der Waals surface area contributed by atoms with Crippen molar-refractivity contribution in [2.75, 3.05) is 13.7 Å². The Labute approximate surface area is 143 Å². The number of phenols is 1. The lowest BCUT2D eigenvalue weighted by molar-refractivity contribution is 0.0946. The van der Waals surface area contributed by atoms with E-state index < -0.39 is 0 Å². The monoisotopic (exact) mass is 336 g/mol. The number of aromatic amines is 1. The minimum absolute atomic E-state index is 0.0287. The second kappa shape index (κ2) is 5.94. The summed E-state index contributed by atoms with van der Waals surface area (Å²) in [5.41, 5.74) is 3.70. The lowest BCUT2D eigenvalue weighted by atomic mass is 10.1. The van der Waals surface area contributed by atoms with E-state index in [1.807, 2.05) is 0 Å². The van der Waals surface area contributed by atoms with Gasteiger partial charge in [-0.15, -0.1) is 0 Å². The molecule has 0 saturated heterocycles. The summed E-state index contributed by atoms with van der Waals surface area (Å²) in [4.78, 5) is 24.0. The van der Waals surface area contributed by atoms with Gasteiger partial charge >= 0.3 is 0 Å². The molecule has 1 amide bonds. The molecule has 1 aromatic carbocycles. The maximum atomic E-state index is 11.9. The molecule has 3 aromatic rings. The molecule has 3 N–H and O–H groups in total. The van der Waals surface area contributed by atoms with E-state index in [4.69, 9.17) is 4.74 Å². The fourth-order valence-electron chi connectivity index (χ4n) is 2.91. The number of methoxy groups -OCH3 is 1. The van der Waals surface area contributed by atoms with Crippen LogP contribution in [0.1, 0.15) is 16.1 Å². The summed E-state index contributed by atoms with van der Waals surface area (Å²) in [6.07, 6.45) is 2.42. The largest absolute Gasteiger partial charge is 0.504 e. The molecule has 1 aliphatic heterocycles. The molecule has 0 atom stereocenters. The number of nitrogens with zero attached hydrogens (tertiary/aromatic N) is 2. The molecule has 0 bridgehead atoms. The number of hydrogen-bond acceptors (Lipinski definition) is 5. The van der Waals surface area contributed by atoms with Crippen molar-refractivity contribution >= 4 is 5.91 Å². The topological polar surface area (TPSA) is 100 Å². The number of hydrogen-bond donors (Lipinski definition) is 3. The molecule has 0 unspecified atom stereocenters. The van der Waals surface area contributed by atoms with Gasteiger partial charge in [-0.25, -0.2) is 9.97 Å². The molecule has 7 heteroatoms. The zero-order valence-electron chi connectivity index (χ0n) is 13.5. The van der Waals surface area contributed by atoms with Crippen LogP contribution < -0.4 is 10.1 Å². The van der Waals surface area contributed by atoms with Crippen molar-refractivity contribution < 1.29 is 14.6 Å². The molecule has 2 aromatic heterocycles. The molecule has 7 nitrogen and oxygen atoms in total. The van der Waals surface area contributed by atoms with Crippen molar-refractivity contribution in [1.82, 2.24) is 20.3 Å². The minimum atomic E-state index is -0.0712. The van der Waals surface area contributed by atoms with Gasteiger partial charge in [-0.3, -0.25) is 4.79 Å². The number of aromatic nitrogens is 3. The van der Waals surface area contributed by atoms with Crippen LogP contribution in [-0.4, -0.2) is 39.6 Å². The summed E-state index contributed by atoms with van der Waals surface area (Å²) in [6, 6.07) is 8.60. The van der Waals surface area contributed by atoms with E-state index in [1.54, 1.807) is 36.5 Å². The van der Waals surface area contributed by atoms with E-state index in [-0.39, 0.29) is 11.7 Å². The zero-order valence-corrected chi connectivity index (χ0v) is 13.5. The van der Waals surface area contributed by atoms with Crippen LogP contribution >= 0.6 is 0 Å². The van der Waals surface area contributed by atoms with E-state index in [9.17, 15) is 9.90 Å². The van der Waals surface area contributed by atoms with Gasteiger partial charge in [-0.1, -0.05) is 0 Å². The third-order valence-electron chi connectivity index (χ3n) is 4.17. The van der Waals surface area contributed by atoms with Crippen molar-refractivity contribution in [2.24, 2.45) is 0 Å². The molecule has 126 valence electrons. The van der Waals surface area contributed by atoms with Crippen molar-refractivity contribution in [3.8, 4) is 34.3 Å². The number of ether oxygens (including phenoxy) is 1. The highest BCUT2D eigenvalue weighted by Gasteiger charge is 2.20. The van der Waals surface area contributed by atoms with Crippen LogP contribution in [0.4, 0.5) is 0 Å². The second-order valence-corrected chi connectivity index (χ2v) is 5.73. The van der Waals surface area contributed by atoms with Gasteiger partial charge in [-0.2, -0.15) is 0 Å². The average molecular weight is 336 g/mol. The van der Waals surface area contributed by atoms with Gasteiger partial charge in [0.05, 0.1) is 24.1 Å². The minimum Gasteiger partial charge on any atom is -0.504 e. The van der Waals surface area contributed by atoms with E-state index in [1.165, 1.54) is 7.11 Å². The Bertz CT molecular complexity index is 965. The van der Waals surface area contributed by atoms with Crippen molar-refractivity contribution in [3.63, 3.8) is 0 Å². The van der Waals surface area contributed by atoms with Gasteiger partial charge in [0.25, 0.3) is 5.91 Å². The summed E-state index contributed by atoms with van der Waals surface area (Å²) >= 11 is 0. The fraction of sp³-hybridized carbons (Fsp3) is 0.167. The van der Waals surface area contributed by atoms with Crippen molar-refractivity contribution in [2.45, 2.75) is 6.42 Å². The van der Waals surface area contributed by atoms with Crippen molar-refractivity contribution in [3.05, 3.63) is 47.8 Å². The number of aromatic hydroxyl groups is 1. The number of H-pyrrole nitrogens is 1. The first-order valence-electron chi connectivity index (χ1n) is 7.86. The quantitative estimate of drug-likeness (QED) is 0.680. The smallest absolute Gasteiger partial charge is 0.253 e. The van der Waals surface area contributed by atoms with E-state index in [0.29, 0.717) is 34.9 Å². The number of carbonyl (C=O) groups excluding carboxylic acids is 1. The molecule has 0 spiro atoms. The SMILES string of the molecule is COc1ccc(-c2nccc(-c3cc4c([nH]3)CCNC4=O)n2)cc1O. The highest BCUT2D eigenvalue weighted by atomic mass is 16.5. The predicted molar refractivity (Wildman–Crippen MR) is 91.5 cm³/mol. The number of carbonyl (C=O) groups is 1. The first kappa shape index (κ1) is 15.2. The van der Waals surface area contributed by atoms with Crippen LogP contribution in [-0.2, 0) is 6.42 Å². The normalized spacial score (nSPS) is 13.2. The molecule has 0 saturated carbocycles. The first-order chi connectivity index (χ1) is 12.2. The predicted octanol–water partition coefficient (Wildman–Crippen LogP) is 2.14. The van der Waals surface area contributed by atoms with Crippen molar-refractivity contribution in [1.29, 1.82) is 0 Å². The average Bonchev–Trinajstić information content (AvgIpc) is 3.07. The van der Waals surface area contributed by atoms with Crippen LogP contribution in [0.2, 0.25) is 0 Å². The molecule has 1 aliphatic rings. The second-order valence-electron chi connectivity index (χ2n) is 5.73. The van der Waals surface area contributed by atoms with E-state index in [2.05, 4.69) is 20.3 Å². The number of phenolic OH excluding ortho intramolecular Hbond substituents is 1. The summed E-state index contributed by atoms with van der Waals surface area (Å²) in [6.45, 7) is 0.631. The molecular weight excluding hydrogens is 320 g/mol. The highest BCUT2D eigenvalue weighted by Crippen LogP contribution is 2.31. The Morgan fingerprint density at radius 3 is 2.88 bits per heavy atom. The highest BCUT2D eigenvalue weighted by molar-refractivity contribution is 5.97. The van der Waals surface area contributed by atoms with Gasteiger partial charge in [0, 0.05) is 30.4 Å². The maximum Gasteiger partial charge on any atom is 0.253 e. The molecular formula is C18H16N4O3. The lowest BCUT2D eigenvalue weighted by Gasteiger charge is -2.10. The van der Waals surface area contributed by atoms with Gasteiger partial charge < -0.3 is 20.1 Å². The summed E-state index contributed by atoms with van der Waals surface area (Å²) < 4.78 is 5.05. The molecule has 25 heavy (non-hydrogen) atoms. The fourth-order valence-corrected chi connectivity index (χ4v) is 2.91. The van der Waals surface area contributed by atoms with Gasteiger partial charge in [0.2, 0.25) is 0 Å². The summed E-state index contributed by atoms with van der Waals surface area (Å²) in [5, 5.41) is 12.8. The van der Waals surface area contributed by atoms with Gasteiger partial charge in [-0.05, 0) is 30.3 Å². The van der Waals surface area contributed by atoms with Gasteiger partial charge in [0.1, 0.15) is 0 Å². The Morgan fingerprint density at radius 1 is 1.24 bits per heavy atom. The van der Waals surface area contributed by atoms with E-state index in [0.717, 1.165) is 17.8 Å². The zero-order chi connectivity index (χ0) is 17.4.